The summed E-state index contributed by atoms with van der Waals surface area (Å²) in [4.78, 5) is 25.3. The number of nitrogens with zero attached hydrogens (tertiary/aromatic N) is 1. The number of hydrogen-bond donors (Lipinski definition) is 1. The SMILES string of the molecule is CC1CC(CO[P+](=S)Oc2ccccc2)OC1n1ccc(=O)[nH]c1=O. The van der Waals surface area contributed by atoms with Crippen molar-refractivity contribution in [3.8, 4) is 5.75 Å². The van der Waals surface area contributed by atoms with Crippen molar-refractivity contribution in [2.75, 3.05) is 6.61 Å². The zero-order valence-electron chi connectivity index (χ0n) is 13.5. The molecule has 0 aliphatic carbocycles. The van der Waals surface area contributed by atoms with Crippen molar-refractivity contribution in [2.24, 2.45) is 5.92 Å². The number of aromatic amines is 1. The molecule has 4 unspecified atom stereocenters. The summed E-state index contributed by atoms with van der Waals surface area (Å²) in [5.41, 5.74) is -0.912. The molecule has 1 saturated heterocycles. The number of rotatable bonds is 6. The van der Waals surface area contributed by atoms with E-state index < -0.39 is 24.6 Å². The van der Waals surface area contributed by atoms with E-state index in [9.17, 15) is 9.59 Å². The maximum atomic E-state index is 11.9. The monoisotopic (exact) mass is 381 g/mol. The Morgan fingerprint density at radius 1 is 1.32 bits per heavy atom. The molecule has 0 radical (unpaired) electrons. The fourth-order valence-electron chi connectivity index (χ4n) is 2.73. The van der Waals surface area contributed by atoms with Crippen LogP contribution in [0.25, 0.3) is 0 Å². The Labute approximate surface area is 150 Å². The lowest BCUT2D eigenvalue weighted by molar-refractivity contribution is -0.0286. The Balaban J connectivity index is 1.56. The Kier molecular flexibility index (Phi) is 5.75. The molecule has 132 valence electrons. The number of H-pyrrole nitrogens is 1. The van der Waals surface area contributed by atoms with E-state index in [1.807, 2.05) is 37.3 Å². The van der Waals surface area contributed by atoms with Crippen LogP contribution >= 0.6 is 7.15 Å². The predicted molar refractivity (Wildman–Crippen MR) is 96.3 cm³/mol. The van der Waals surface area contributed by atoms with Gasteiger partial charge in [-0.15, -0.1) is 4.52 Å². The molecule has 0 amide bonds. The van der Waals surface area contributed by atoms with Crippen LogP contribution in [0.15, 0.2) is 52.2 Å². The van der Waals surface area contributed by atoms with Gasteiger partial charge in [0.05, 0.1) is 6.10 Å². The first kappa shape index (κ1) is 17.9. The number of benzene rings is 1. The highest BCUT2D eigenvalue weighted by Gasteiger charge is 2.35. The Hall–Kier alpha value is -1.86. The maximum Gasteiger partial charge on any atom is 0.573 e. The van der Waals surface area contributed by atoms with Crippen LogP contribution in [0.5, 0.6) is 5.75 Å². The molecule has 9 heteroatoms. The normalized spacial score (nSPS) is 23.4. The van der Waals surface area contributed by atoms with Crippen molar-refractivity contribution in [1.29, 1.82) is 0 Å². The van der Waals surface area contributed by atoms with E-state index in [0.29, 0.717) is 12.4 Å². The van der Waals surface area contributed by atoms with Gasteiger partial charge in [0.25, 0.3) is 5.56 Å². The quantitative estimate of drug-likeness (QED) is 0.774. The van der Waals surface area contributed by atoms with Crippen LogP contribution in [0.3, 0.4) is 0 Å². The first-order valence-electron chi connectivity index (χ1n) is 7.83. The predicted octanol–water partition coefficient (Wildman–Crippen LogP) is 2.33. The highest BCUT2D eigenvalue weighted by Crippen LogP contribution is 2.35. The van der Waals surface area contributed by atoms with Crippen LogP contribution in [0, 0.1) is 5.92 Å². The van der Waals surface area contributed by atoms with Gasteiger partial charge in [-0.3, -0.25) is 18.9 Å². The van der Waals surface area contributed by atoms with Crippen LogP contribution < -0.4 is 15.8 Å². The summed E-state index contributed by atoms with van der Waals surface area (Å²) in [6, 6.07) is 10.6. The summed E-state index contributed by atoms with van der Waals surface area (Å²) < 4.78 is 18.4. The van der Waals surface area contributed by atoms with Gasteiger partial charge in [-0.2, -0.15) is 0 Å². The molecule has 25 heavy (non-hydrogen) atoms. The molecule has 0 bridgehead atoms. The molecule has 2 heterocycles. The molecule has 0 saturated carbocycles. The number of para-hydroxylation sites is 1. The lowest BCUT2D eigenvalue weighted by atomic mass is 10.1. The van der Waals surface area contributed by atoms with E-state index in [1.54, 1.807) is 0 Å². The second-order valence-electron chi connectivity index (χ2n) is 5.80. The number of nitrogens with one attached hydrogen (secondary N) is 1. The van der Waals surface area contributed by atoms with Crippen LogP contribution in [0.2, 0.25) is 0 Å². The molecule has 2 aromatic rings. The first-order valence-corrected chi connectivity index (χ1v) is 10.0. The summed E-state index contributed by atoms with van der Waals surface area (Å²) in [6.07, 6.45) is 1.54. The third kappa shape index (κ3) is 4.61. The smallest absolute Gasteiger partial charge is 0.352 e. The van der Waals surface area contributed by atoms with E-state index in [0.717, 1.165) is 6.42 Å². The van der Waals surface area contributed by atoms with Crippen LogP contribution in [0.4, 0.5) is 0 Å². The second-order valence-corrected chi connectivity index (χ2v) is 7.59. The molecular formula is C16H18N2O5PS+. The minimum atomic E-state index is -1.48. The summed E-state index contributed by atoms with van der Waals surface area (Å²) in [7, 11) is -1.48. The fourth-order valence-corrected chi connectivity index (χ4v) is 3.81. The standard InChI is InChI=1S/C16H17N2O5PS/c1-11-9-13(10-21-24(25)23-12-5-3-2-4-6-12)22-15(11)18-8-7-14(19)17-16(18)20/h2-8,11,13,15H,9-10H2,1H3/p+1. The van der Waals surface area contributed by atoms with Crippen molar-refractivity contribution in [3.63, 3.8) is 0 Å². The number of hydrogen-bond acceptors (Lipinski definition) is 6. The minimum Gasteiger partial charge on any atom is -0.352 e. The highest BCUT2D eigenvalue weighted by molar-refractivity contribution is 8.00. The van der Waals surface area contributed by atoms with Crippen molar-refractivity contribution >= 4 is 19.0 Å². The van der Waals surface area contributed by atoms with Gasteiger partial charge in [0.1, 0.15) is 12.8 Å². The summed E-state index contributed by atoms with van der Waals surface area (Å²) in [5, 5.41) is 0. The molecule has 3 rings (SSSR count). The zero-order chi connectivity index (χ0) is 17.8. The minimum absolute atomic E-state index is 0.101. The first-order chi connectivity index (χ1) is 12.0. The van der Waals surface area contributed by atoms with Crippen molar-refractivity contribution in [3.05, 3.63) is 63.4 Å². The summed E-state index contributed by atoms with van der Waals surface area (Å²) in [5.74, 6) is 0.769. The van der Waals surface area contributed by atoms with Gasteiger partial charge in [-0.05, 0) is 18.6 Å². The lowest BCUT2D eigenvalue weighted by Crippen LogP contribution is -2.33. The molecule has 1 aromatic carbocycles. The third-order valence-electron chi connectivity index (χ3n) is 3.87. The van der Waals surface area contributed by atoms with Crippen LogP contribution in [-0.4, -0.2) is 22.3 Å². The van der Waals surface area contributed by atoms with E-state index in [2.05, 4.69) is 4.98 Å². The molecule has 7 nitrogen and oxygen atoms in total. The largest absolute Gasteiger partial charge is 0.573 e. The summed E-state index contributed by atoms with van der Waals surface area (Å²) in [6.45, 7) is 2.28. The van der Waals surface area contributed by atoms with Crippen LogP contribution in [0.1, 0.15) is 19.6 Å². The van der Waals surface area contributed by atoms with Crippen molar-refractivity contribution < 1.29 is 13.8 Å². The zero-order valence-corrected chi connectivity index (χ0v) is 15.2. The summed E-state index contributed by atoms with van der Waals surface area (Å²) >= 11 is 5.21. The van der Waals surface area contributed by atoms with Gasteiger partial charge in [-0.25, -0.2) is 4.79 Å². The Bertz CT molecular complexity index is 853. The molecule has 1 aromatic heterocycles. The van der Waals surface area contributed by atoms with Gasteiger partial charge < -0.3 is 4.74 Å². The molecule has 1 aliphatic heterocycles. The molecule has 0 spiro atoms. The fraction of sp³-hybridized carbons (Fsp3) is 0.375. The van der Waals surface area contributed by atoms with E-state index in [1.165, 1.54) is 16.8 Å². The van der Waals surface area contributed by atoms with E-state index in [4.69, 9.17) is 25.6 Å². The van der Waals surface area contributed by atoms with Gasteiger partial charge in [0.15, 0.2) is 5.75 Å². The Morgan fingerprint density at radius 2 is 2.08 bits per heavy atom. The molecular weight excluding hydrogens is 363 g/mol. The maximum absolute atomic E-state index is 11.9. The third-order valence-corrected chi connectivity index (χ3v) is 5.13. The van der Waals surface area contributed by atoms with Crippen LogP contribution in [-0.2, 0) is 21.1 Å². The molecule has 4 atom stereocenters. The second kappa shape index (κ2) is 8.01. The van der Waals surface area contributed by atoms with E-state index in [-0.39, 0.29) is 12.0 Å². The highest BCUT2D eigenvalue weighted by atomic mass is 32.4. The van der Waals surface area contributed by atoms with Gasteiger partial charge >= 0.3 is 12.8 Å². The topological polar surface area (TPSA) is 82.6 Å². The van der Waals surface area contributed by atoms with Crippen molar-refractivity contribution in [2.45, 2.75) is 25.7 Å². The average Bonchev–Trinajstić information content (AvgIpc) is 2.95. The average molecular weight is 381 g/mol. The number of aromatic nitrogens is 2. The van der Waals surface area contributed by atoms with E-state index >= 15 is 0 Å². The number of ether oxygens (including phenoxy) is 1. The molecule has 1 fully saturated rings. The molecule has 1 aliphatic rings. The Morgan fingerprint density at radius 3 is 2.80 bits per heavy atom. The van der Waals surface area contributed by atoms with Gasteiger partial charge in [0.2, 0.25) is 11.8 Å². The lowest BCUT2D eigenvalue weighted by Gasteiger charge is -2.17. The van der Waals surface area contributed by atoms with Gasteiger partial charge in [-0.1, -0.05) is 25.1 Å². The van der Waals surface area contributed by atoms with Gasteiger partial charge in [0, 0.05) is 18.2 Å². The molecule has 1 N–H and O–H groups in total. The van der Waals surface area contributed by atoms with Crippen molar-refractivity contribution in [1.82, 2.24) is 9.55 Å².